The molecular weight excluding hydrogens is 204 g/mol. The fraction of sp³-hybridized carbons (Fsp3) is 0.875. The minimum atomic E-state index is -3.21. The maximum Gasteiger partial charge on any atom is 0.238 e. The van der Waals surface area contributed by atoms with Crippen LogP contribution in [-0.4, -0.2) is 56.9 Å². The highest BCUT2D eigenvalue weighted by Crippen LogP contribution is 2.03. The number of carbonyl (C=O) groups excluding carboxylic acids is 1. The third kappa shape index (κ3) is 3.26. The second kappa shape index (κ2) is 4.27. The van der Waals surface area contributed by atoms with Gasteiger partial charge in [0, 0.05) is 31.9 Å². The van der Waals surface area contributed by atoms with Crippen LogP contribution in [0, 0.1) is 0 Å². The Labute approximate surface area is 84.4 Å². The third-order valence-electron chi connectivity index (χ3n) is 2.21. The zero-order valence-electron chi connectivity index (χ0n) is 8.49. The van der Waals surface area contributed by atoms with Crippen LogP contribution in [0.25, 0.3) is 0 Å². The Hall–Kier alpha value is -0.620. The molecule has 1 fully saturated rings. The van der Waals surface area contributed by atoms with E-state index in [2.05, 4.69) is 5.32 Å². The largest absolute Gasteiger partial charge is 0.337 e. The van der Waals surface area contributed by atoms with Crippen LogP contribution in [-0.2, 0) is 14.6 Å². The summed E-state index contributed by atoms with van der Waals surface area (Å²) in [6.07, 6.45) is 1.08. The number of nitrogens with one attached hydrogen (secondary N) is 1. The van der Waals surface area contributed by atoms with E-state index in [0.29, 0.717) is 6.54 Å². The molecule has 0 aromatic heterocycles. The quantitative estimate of drug-likeness (QED) is 0.638. The molecule has 5 nitrogen and oxygen atoms in total. The Morgan fingerprint density at radius 1 is 1.57 bits per heavy atom. The monoisotopic (exact) mass is 220 g/mol. The highest BCUT2D eigenvalue weighted by molar-refractivity contribution is 7.91. The first kappa shape index (κ1) is 11.5. The average molecular weight is 220 g/mol. The van der Waals surface area contributed by atoms with Crippen molar-refractivity contribution in [2.75, 3.05) is 31.6 Å². The van der Waals surface area contributed by atoms with Gasteiger partial charge in [-0.2, -0.15) is 0 Å². The van der Waals surface area contributed by atoms with Crippen LogP contribution in [0.4, 0.5) is 0 Å². The molecule has 82 valence electrons. The first-order valence-electron chi connectivity index (χ1n) is 4.58. The van der Waals surface area contributed by atoms with Crippen LogP contribution in [0.2, 0.25) is 0 Å². The minimum Gasteiger partial charge on any atom is -0.337 e. The molecule has 0 spiro atoms. The lowest BCUT2D eigenvalue weighted by Crippen LogP contribution is -2.53. The van der Waals surface area contributed by atoms with Crippen molar-refractivity contribution in [1.82, 2.24) is 10.2 Å². The normalized spacial score (nSPS) is 23.6. The molecule has 0 bridgehead atoms. The Morgan fingerprint density at radius 2 is 2.21 bits per heavy atom. The van der Waals surface area contributed by atoms with E-state index < -0.39 is 9.84 Å². The molecule has 0 unspecified atom stereocenters. The summed E-state index contributed by atoms with van der Waals surface area (Å²) in [5.74, 6) is -0.668. The van der Waals surface area contributed by atoms with Gasteiger partial charge in [0.2, 0.25) is 5.91 Å². The number of sulfone groups is 1. The predicted molar refractivity (Wildman–Crippen MR) is 53.8 cm³/mol. The molecule has 14 heavy (non-hydrogen) atoms. The maximum absolute atomic E-state index is 11.5. The van der Waals surface area contributed by atoms with Crippen molar-refractivity contribution >= 4 is 15.7 Å². The Kier molecular flexibility index (Phi) is 3.49. The smallest absolute Gasteiger partial charge is 0.238 e. The van der Waals surface area contributed by atoms with Crippen molar-refractivity contribution in [3.8, 4) is 0 Å². The van der Waals surface area contributed by atoms with E-state index in [1.165, 1.54) is 0 Å². The van der Waals surface area contributed by atoms with E-state index in [-0.39, 0.29) is 17.7 Å². The second-order valence-electron chi connectivity index (χ2n) is 3.71. The van der Waals surface area contributed by atoms with Crippen molar-refractivity contribution in [3.63, 3.8) is 0 Å². The van der Waals surface area contributed by atoms with Crippen molar-refractivity contribution < 1.29 is 13.2 Å². The second-order valence-corrected chi connectivity index (χ2v) is 5.85. The van der Waals surface area contributed by atoms with Gasteiger partial charge in [0.25, 0.3) is 0 Å². The van der Waals surface area contributed by atoms with Crippen molar-refractivity contribution in [2.45, 2.75) is 13.0 Å². The van der Waals surface area contributed by atoms with Crippen LogP contribution in [0.5, 0.6) is 0 Å². The number of piperazine rings is 1. The molecule has 1 rings (SSSR count). The molecule has 0 saturated carbocycles. The summed E-state index contributed by atoms with van der Waals surface area (Å²) in [4.78, 5) is 13.2. The topological polar surface area (TPSA) is 66.5 Å². The average Bonchev–Trinajstić information content (AvgIpc) is 2.01. The predicted octanol–water partition coefficient (Wildman–Crippen LogP) is -1.15. The molecule has 0 aromatic carbocycles. The van der Waals surface area contributed by atoms with Gasteiger partial charge < -0.3 is 10.2 Å². The Morgan fingerprint density at radius 3 is 2.71 bits per heavy atom. The van der Waals surface area contributed by atoms with Crippen LogP contribution >= 0.6 is 0 Å². The lowest BCUT2D eigenvalue weighted by Gasteiger charge is -2.33. The summed E-state index contributed by atoms with van der Waals surface area (Å²) in [7, 11) is -3.21. The van der Waals surface area contributed by atoms with E-state index in [9.17, 15) is 13.2 Å². The van der Waals surface area contributed by atoms with E-state index in [4.69, 9.17) is 0 Å². The van der Waals surface area contributed by atoms with Gasteiger partial charge in [0.1, 0.15) is 5.75 Å². The first-order valence-corrected chi connectivity index (χ1v) is 6.64. The molecule has 0 aromatic rings. The van der Waals surface area contributed by atoms with Crippen LogP contribution in [0.3, 0.4) is 0 Å². The van der Waals surface area contributed by atoms with Gasteiger partial charge in [-0.25, -0.2) is 8.42 Å². The van der Waals surface area contributed by atoms with Gasteiger partial charge in [-0.05, 0) is 6.92 Å². The van der Waals surface area contributed by atoms with Gasteiger partial charge in [0.15, 0.2) is 9.84 Å². The highest BCUT2D eigenvalue weighted by Gasteiger charge is 2.24. The fourth-order valence-electron chi connectivity index (χ4n) is 1.52. The van der Waals surface area contributed by atoms with E-state index >= 15 is 0 Å². The molecule has 0 radical (unpaired) electrons. The van der Waals surface area contributed by atoms with E-state index in [1.807, 2.05) is 6.92 Å². The molecule has 1 saturated heterocycles. The zero-order valence-corrected chi connectivity index (χ0v) is 9.30. The third-order valence-corrected chi connectivity index (χ3v) is 2.98. The number of nitrogens with zero attached hydrogens (tertiary/aromatic N) is 1. The lowest BCUT2D eigenvalue weighted by atomic mass is 10.2. The van der Waals surface area contributed by atoms with E-state index in [1.54, 1.807) is 4.90 Å². The number of hydrogen-bond acceptors (Lipinski definition) is 4. The van der Waals surface area contributed by atoms with Crippen LogP contribution in [0.1, 0.15) is 6.92 Å². The molecule has 6 heteroatoms. The summed E-state index contributed by atoms with van der Waals surface area (Å²) in [5.41, 5.74) is 0. The van der Waals surface area contributed by atoms with Crippen LogP contribution in [0.15, 0.2) is 0 Å². The van der Waals surface area contributed by atoms with Gasteiger partial charge in [-0.3, -0.25) is 4.79 Å². The lowest BCUT2D eigenvalue weighted by molar-refractivity contribution is -0.131. The summed E-state index contributed by atoms with van der Waals surface area (Å²) < 4.78 is 21.9. The minimum absolute atomic E-state index is 0.0815. The molecule has 1 N–H and O–H groups in total. The van der Waals surface area contributed by atoms with Gasteiger partial charge in [-0.1, -0.05) is 0 Å². The number of amides is 1. The molecule has 1 atom stereocenters. The van der Waals surface area contributed by atoms with Gasteiger partial charge >= 0.3 is 0 Å². The molecule has 1 aliphatic rings. The molecule has 1 amide bonds. The van der Waals surface area contributed by atoms with Crippen molar-refractivity contribution in [1.29, 1.82) is 0 Å². The highest BCUT2D eigenvalue weighted by atomic mass is 32.2. The standard InChI is InChI=1S/C8H16N2O3S/c1-7-5-9-3-4-10(7)8(11)6-14(2,12)13/h7,9H,3-6H2,1-2H3/t7-/m0/s1. The SMILES string of the molecule is C[C@H]1CNCCN1C(=O)CS(C)(=O)=O. The summed E-state index contributed by atoms with van der Waals surface area (Å²) >= 11 is 0. The number of carbonyl (C=O) groups is 1. The summed E-state index contributed by atoms with van der Waals surface area (Å²) in [5, 5.41) is 3.14. The number of rotatable bonds is 2. The maximum atomic E-state index is 11.5. The summed E-state index contributed by atoms with van der Waals surface area (Å²) in [6, 6.07) is 0.0815. The Balaban J connectivity index is 2.59. The molecule has 0 aliphatic carbocycles. The fourth-order valence-corrected chi connectivity index (χ4v) is 2.13. The molecule has 1 heterocycles. The van der Waals surface area contributed by atoms with E-state index in [0.717, 1.165) is 19.3 Å². The molecular formula is C8H16N2O3S. The van der Waals surface area contributed by atoms with Gasteiger partial charge in [0.05, 0.1) is 0 Å². The Bertz CT molecular complexity index is 313. The summed E-state index contributed by atoms with van der Waals surface area (Å²) in [6.45, 7) is 3.97. The molecule has 1 aliphatic heterocycles. The number of hydrogen-bond donors (Lipinski definition) is 1. The van der Waals surface area contributed by atoms with Gasteiger partial charge in [-0.15, -0.1) is 0 Å². The zero-order chi connectivity index (χ0) is 10.8. The first-order chi connectivity index (χ1) is 6.40. The van der Waals surface area contributed by atoms with Crippen LogP contribution < -0.4 is 5.32 Å². The van der Waals surface area contributed by atoms with Crippen molar-refractivity contribution in [3.05, 3.63) is 0 Å². The van der Waals surface area contributed by atoms with Crippen molar-refractivity contribution in [2.24, 2.45) is 0 Å².